The molecule has 1 aromatic carbocycles. The minimum atomic E-state index is -1.09. The highest BCUT2D eigenvalue weighted by Gasteiger charge is 2.31. The molecule has 1 rings (SSSR count). The maximum absolute atomic E-state index is 11.9. The number of esters is 2. The van der Waals surface area contributed by atoms with Crippen molar-refractivity contribution in [2.75, 3.05) is 6.54 Å². The maximum Gasteiger partial charge on any atom is 0.322 e. The molecule has 110 valence electrons. The van der Waals surface area contributed by atoms with Gasteiger partial charge in [0.15, 0.2) is 5.92 Å². The third kappa shape index (κ3) is 5.40. The minimum Gasteiger partial charge on any atom is -0.460 e. The number of carbonyl (C=O) groups excluding carboxylic acids is 2. The highest BCUT2D eigenvalue weighted by atomic mass is 16.6. The number of carbonyl (C=O) groups is 2. The van der Waals surface area contributed by atoms with Crippen LogP contribution in [0.3, 0.4) is 0 Å². The van der Waals surface area contributed by atoms with Crippen LogP contribution in [-0.2, 0) is 25.7 Å². The standard InChI is InChI=1S/C15H21NO4/c1-15(2,3)20-14(18)12(9-16)13(17)19-10-11-7-5-4-6-8-11/h4-8,12H,9-10,16H2,1-3H3. The van der Waals surface area contributed by atoms with Gasteiger partial charge >= 0.3 is 11.9 Å². The fraction of sp³-hybridized carbons (Fsp3) is 0.467. The number of nitrogens with two attached hydrogens (primary N) is 1. The van der Waals surface area contributed by atoms with Crippen molar-refractivity contribution < 1.29 is 19.1 Å². The molecule has 2 N–H and O–H groups in total. The third-order valence-electron chi connectivity index (χ3n) is 2.44. The first-order chi connectivity index (χ1) is 9.33. The molecule has 0 heterocycles. The smallest absolute Gasteiger partial charge is 0.322 e. The average Bonchev–Trinajstić information content (AvgIpc) is 2.36. The van der Waals surface area contributed by atoms with Crippen LogP contribution in [0, 0.1) is 5.92 Å². The van der Waals surface area contributed by atoms with Gasteiger partial charge in [-0.3, -0.25) is 9.59 Å². The Morgan fingerprint density at radius 2 is 1.75 bits per heavy atom. The van der Waals surface area contributed by atoms with Crippen LogP contribution < -0.4 is 5.73 Å². The van der Waals surface area contributed by atoms with Gasteiger partial charge in [-0.25, -0.2) is 0 Å². The van der Waals surface area contributed by atoms with E-state index in [-0.39, 0.29) is 13.2 Å². The molecule has 1 atom stereocenters. The van der Waals surface area contributed by atoms with Gasteiger partial charge in [0.25, 0.3) is 0 Å². The molecule has 1 unspecified atom stereocenters. The van der Waals surface area contributed by atoms with Crippen molar-refractivity contribution in [2.45, 2.75) is 33.0 Å². The zero-order valence-electron chi connectivity index (χ0n) is 12.1. The monoisotopic (exact) mass is 279 g/mol. The van der Waals surface area contributed by atoms with E-state index in [2.05, 4.69) is 0 Å². The van der Waals surface area contributed by atoms with Crippen LogP contribution in [0.5, 0.6) is 0 Å². The Bertz CT molecular complexity index is 451. The lowest BCUT2D eigenvalue weighted by Crippen LogP contribution is -2.37. The second-order valence-electron chi connectivity index (χ2n) is 5.42. The Balaban J connectivity index is 2.57. The van der Waals surface area contributed by atoms with E-state index in [0.717, 1.165) is 5.56 Å². The maximum atomic E-state index is 11.9. The fourth-order valence-electron chi connectivity index (χ4n) is 1.49. The summed E-state index contributed by atoms with van der Waals surface area (Å²) in [6, 6.07) is 9.22. The van der Waals surface area contributed by atoms with Crippen molar-refractivity contribution in [3.63, 3.8) is 0 Å². The van der Waals surface area contributed by atoms with Gasteiger partial charge in [-0.05, 0) is 26.3 Å². The van der Waals surface area contributed by atoms with Gasteiger partial charge in [0.05, 0.1) is 0 Å². The highest BCUT2D eigenvalue weighted by Crippen LogP contribution is 2.13. The molecule has 0 radical (unpaired) electrons. The normalized spacial score (nSPS) is 12.6. The molecule has 0 saturated carbocycles. The van der Waals surface area contributed by atoms with E-state index in [1.165, 1.54) is 0 Å². The van der Waals surface area contributed by atoms with Crippen LogP contribution >= 0.6 is 0 Å². The number of hydrogen-bond acceptors (Lipinski definition) is 5. The van der Waals surface area contributed by atoms with Crippen LogP contribution in [0.25, 0.3) is 0 Å². The van der Waals surface area contributed by atoms with Gasteiger partial charge < -0.3 is 15.2 Å². The SMILES string of the molecule is CC(C)(C)OC(=O)C(CN)C(=O)OCc1ccccc1. The molecule has 20 heavy (non-hydrogen) atoms. The van der Waals surface area contributed by atoms with Gasteiger partial charge in [0.2, 0.25) is 0 Å². The molecule has 0 bridgehead atoms. The average molecular weight is 279 g/mol. The minimum absolute atomic E-state index is 0.110. The molecular weight excluding hydrogens is 258 g/mol. The van der Waals surface area contributed by atoms with E-state index < -0.39 is 23.5 Å². The van der Waals surface area contributed by atoms with Crippen LogP contribution in [0.1, 0.15) is 26.3 Å². The summed E-state index contributed by atoms with van der Waals surface area (Å²) >= 11 is 0. The van der Waals surface area contributed by atoms with Crippen molar-refractivity contribution in [3.05, 3.63) is 35.9 Å². The van der Waals surface area contributed by atoms with E-state index in [4.69, 9.17) is 15.2 Å². The summed E-state index contributed by atoms with van der Waals surface area (Å²) in [5.74, 6) is -2.40. The van der Waals surface area contributed by atoms with Gasteiger partial charge in [-0.1, -0.05) is 30.3 Å². The molecule has 0 spiro atoms. The molecule has 5 nitrogen and oxygen atoms in total. The number of ether oxygens (including phenoxy) is 2. The first kappa shape index (κ1) is 16.2. The first-order valence-electron chi connectivity index (χ1n) is 6.47. The summed E-state index contributed by atoms with van der Waals surface area (Å²) in [5, 5.41) is 0. The molecule has 0 aliphatic carbocycles. The number of benzene rings is 1. The van der Waals surface area contributed by atoms with Crippen LogP contribution in [-0.4, -0.2) is 24.1 Å². The van der Waals surface area contributed by atoms with Crippen LogP contribution in [0.2, 0.25) is 0 Å². The Kier molecular flexibility index (Phi) is 5.70. The summed E-state index contributed by atoms with van der Waals surface area (Å²) in [5.41, 5.74) is 5.65. The number of hydrogen-bond donors (Lipinski definition) is 1. The largest absolute Gasteiger partial charge is 0.460 e. The lowest BCUT2D eigenvalue weighted by atomic mass is 10.1. The summed E-state index contributed by atoms with van der Waals surface area (Å²) in [6.07, 6.45) is 0. The topological polar surface area (TPSA) is 78.6 Å². The van der Waals surface area contributed by atoms with Crippen molar-refractivity contribution in [2.24, 2.45) is 11.7 Å². The second-order valence-corrected chi connectivity index (χ2v) is 5.42. The lowest BCUT2D eigenvalue weighted by molar-refractivity contribution is -0.169. The summed E-state index contributed by atoms with van der Waals surface area (Å²) in [7, 11) is 0. The molecule has 0 aliphatic heterocycles. The van der Waals surface area contributed by atoms with Crippen molar-refractivity contribution >= 4 is 11.9 Å². The molecule has 5 heteroatoms. The number of rotatable bonds is 5. The molecule has 0 aliphatic rings. The molecule has 0 saturated heterocycles. The second kappa shape index (κ2) is 7.05. The summed E-state index contributed by atoms with van der Waals surface area (Å²) < 4.78 is 10.2. The van der Waals surface area contributed by atoms with Crippen LogP contribution in [0.15, 0.2) is 30.3 Å². The van der Waals surface area contributed by atoms with E-state index in [0.29, 0.717) is 0 Å². The zero-order chi connectivity index (χ0) is 15.2. The van der Waals surface area contributed by atoms with Gasteiger partial charge in [-0.15, -0.1) is 0 Å². The molecule has 0 amide bonds. The van der Waals surface area contributed by atoms with E-state index in [1.807, 2.05) is 30.3 Å². The lowest BCUT2D eigenvalue weighted by Gasteiger charge is -2.22. The molecular formula is C15H21NO4. The van der Waals surface area contributed by atoms with Crippen molar-refractivity contribution in [1.29, 1.82) is 0 Å². The van der Waals surface area contributed by atoms with Gasteiger partial charge in [-0.2, -0.15) is 0 Å². The Morgan fingerprint density at radius 1 is 1.15 bits per heavy atom. The predicted molar refractivity (Wildman–Crippen MR) is 74.6 cm³/mol. The van der Waals surface area contributed by atoms with E-state index in [9.17, 15) is 9.59 Å². The fourth-order valence-corrected chi connectivity index (χ4v) is 1.49. The molecule has 0 fully saturated rings. The Labute approximate surface area is 119 Å². The molecule has 1 aromatic rings. The first-order valence-corrected chi connectivity index (χ1v) is 6.47. The van der Waals surface area contributed by atoms with Crippen molar-refractivity contribution in [1.82, 2.24) is 0 Å². The zero-order valence-corrected chi connectivity index (χ0v) is 12.1. The van der Waals surface area contributed by atoms with E-state index >= 15 is 0 Å². The Hall–Kier alpha value is -1.88. The van der Waals surface area contributed by atoms with Gasteiger partial charge in [0, 0.05) is 6.54 Å². The summed E-state index contributed by atoms with van der Waals surface area (Å²) in [6.45, 7) is 5.16. The predicted octanol–water partition coefficient (Wildman–Crippen LogP) is 1.65. The quantitative estimate of drug-likeness (QED) is 0.655. The van der Waals surface area contributed by atoms with E-state index in [1.54, 1.807) is 20.8 Å². The Morgan fingerprint density at radius 3 is 2.25 bits per heavy atom. The van der Waals surface area contributed by atoms with Gasteiger partial charge in [0.1, 0.15) is 12.2 Å². The third-order valence-corrected chi connectivity index (χ3v) is 2.44. The summed E-state index contributed by atoms with van der Waals surface area (Å²) in [4.78, 5) is 23.7. The highest BCUT2D eigenvalue weighted by molar-refractivity contribution is 5.95. The van der Waals surface area contributed by atoms with Crippen LogP contribution in [0.4, 0.5) is 0 Å². The van der Waals surface area contributed by atoms with Crippen molar-refractivity contribution in [3.8, 4) is 0 Å². The molecule has 0 aromatic heterocycles.